The van der Waals surface area contributed by atoms with Gasteiger partial charge < -0.3 is 5.73 Å². The van der Waals surface area contributed by atoms with Crippen molar-refractivity contribution in [2.45, 2.75) is 20.3 Å². The molecule has 138 valence electrons. The molecular weight excluding hydrogens is 338 g/mol. The van der Waals surface area contributed by atoms with Gasteiger partial charge in [0.2, 0.25) is 0 Å². The summed E-state index contributed by atoms with van der Waals surface area (Å²) in [5.74, 6) is 0. The summed E-state index contributed by atoms with van der Waals surface area (Å²) in [6, 6.07) is 32.2. The van der Waals surface area contributed by atoms with Crippen LogP contribution >= 0.6 is 0 Å². The molecule has 1 heteroatoms. The summed E-state index contributed by atoms with van der Waals surface area (Å²) in [4.78, 5) is 0. The predicted octanol–water partition coefficient (Wildman–Crippen LogP) is 6.81. The van der Waals surface area contributed by atoms with Crippen LogP contribution in [0, 0.1) is 13.8 Å². The van der Waals surface area contributed by atoms with Crippen LogP contribution < -0.4 is 5.73 Å². The van der Waals surface area contributed by atoms with E-state index in [-0.39, 0.29) is 0 Å². The van der Waals surface area contributed by atoms with E-state index in [1.807, 2.05) is 6.07 Å². The van der Waals surface area contributed by atoms with Crippen molar-refractivity contribution in [3.63, 3.8) is 0 Å². The number of nitrogens with two attached hydrogens (primary N) is 1. The highest BCUT2D eigenvalue weighted by Crippen LogP contribution is 2.40. The quantitative estimate of drug-likeness (QED) is 0.396. The van der Waals surface area contributed by atoms with Crippen LogP contribution in [0.1, 0.15) is 22.3 Å². The minimum absolute atomic E-state index is 0.816. The first-order valence-corrected chi connectivity index (χ1v) is 9.71. The van der Waals surface area contributed by atoms with Gasteiger partial charge in [-0.25, -0.2) is 0 Å². The smallest absolute Gasteiger partial charge is 0.0400 e. The van der Waals surface area contributed by atoms with Crippen molar-refractivity contribution in [1.29, 1.82) is 0 Å². The van der Waals surface area contributed by atoms with Gasteiger partial charge in [-0.3, -0.25) is 0 Å². The topological polar surface area (TPSA) is 26.0 Å². The number of anilines is 1. The number of nitrogen functional groups attached to an aromatic ring is 1. The molecule has 0 spiro atoms. The minimum atomic E-state index is 0.816. The van der Waals surface area contributed by atoms with E-state index in [4.69, 9.17) is 5.73 Å². The van der Waals surface area contributed by atoms with Gasteiger partial charge in [0, 0.05) is 11.3 Å². The van der Waals surface area contributed by atoms with E-state index >= 15 is 0 Å². The lowest BCUT2D eigenvalue weighted by Gasteiger charge is -2.19. The first-order chi connectivity index (χ1) is 13.6. The van der Waals surface area contributed by atoms with Crippen molar-refractivity contribution in [1.82, 2.24) is 0 Å². The lowest BCUT2D eigenvalue weighted by molar-refractivity contribution is 1.20. The fraction of sp³-hybridized carbons (Fsp3) is 0.111. The molecule has 0 amide bonds. The Bertz CT molecular complexity index is 1080. The third kappa shape index (κ3) is 3.70. The first kappa shape index (κ1) is 18.1. The summed E-state index contributed by atoms with van der Waals surface area (Å²) in [6.07, 6.45) is 0.878. The maximum absolute atomic E-state index is 6.52. The second-order valence-electron chi connectivity index (χ2n) is 7.46. The molecule has 28 heavy (non-hydrogen) atoms. The summed E-state index contributed by atoms with van der Waals surface area (Å²) >= 11 is 0. The van der Waals surface area contributed by atoms with E-state index in [0.29, 0.717) is 0 Å². The van der Waals surface area contributed by atoms with Crippen LogP contribution in [0.5, 0.6) is 0 Å². The summed E-state index contributed by atoms with van der Waals surface area (Å²) in [5, 5.41) is 0. The summed E-state index contributed by atoms with van der Waals surface area (Å²) in [5.41, 5.74) is 17.2. The molecule has 0 aliphatic rings. The largest absolute Gasteiger partial charge is 0.398 e. The normalized spacial score (nSPS) is 10.8. The fourth-order valence-corrected chi connectivity index (χ4v) is 3.71. The Morgan fingerprint density at radius 2 is 1.11 bits per heavy atom. The average molecular weight is 364 g/mol. The molecule has 0 aliphatic carbocycles. The van der Waals surface area contributed by atoms with Crippen LogP contribution in [0.2, 0.25) is 0 Å². The van der Waals surface area contributed by atoms with Gasteiger partial charge in [0.15, 0.2) is 0 Å². The van der Waals surface area contributed by atoms with Gasteiger partial charge in [0.1, 0.15) is 0 Å². The molecule has 0 saturated carbocycles. The van der Waals surface area contributed by atoms with Gasteiger partial charge >= 0.3 is 0 Å². The Kier molecular flexibility index (Phi) is 4.99. The van der Waals surface area contributed by atoms with Crippen molar-refractivity contribution in [3.8, 4) is 22.3 Å². The highest BCUT2D eigenvalue weighted by atomic mass is 14.6. The molecular formula is C27H25N. The van der Waals surface area contributed by atoms with Gasteiger partial charge in [0.05, 0.1) is 0 Å². The van der Waals surface area contributed by atoms with Crippen molar-refractivity contribution in [2.24, 2.45) is 0 Å². The van der Waals surface area contributed by atoms with Crippen LogP contribution in [-0.4, -0.2) is 0 Å². The minimum Gasteiger partial charge on any atom is -0.398 e. The molecule has 1 nitrogen and oxygen atoms in total. The van der Waals surface area contributed by atoms with Crippen LogP contribution in [-0.2, 0) is 6.42 Å². The van der Waals surface area contributed by atoms with E-state index in [9.17, 15) is 0 Å². The third-order valence-electron chi connectivity index (χ3n) is 5.24. The summed E-state index contributed by atoms with van der Waals surface area (Å²) in [7, 11) is 0. The van der Waals surface area contributed by atoms with Crippen LogP contribution in [0.25, 0.3) is 22.3 Å². The molecule has 4 rings (SSSR count). The molecule has 4 aromatic rings. The van der Waals surface area contributed by atoms with Crippen molar-refractivity contribution in [2.75, 3.05) is 5.73 Å². The highest BCUT2D eigenvalue weighted by molar-refractivity contribution is 5.93. The third-order valence-corrected chi connectivity index (χ3v) is 5.24. The molecule has 0 radical (unpaired) electrons. The Hall–Kier alpha value is -3.32. The molecule has 0 heterocycles. The Morgan fingerprint density at radius 3 is 1.68 bits per heavy atom. The zero-order valence-electron chi connectivity index (χ0n) is 16.4. The number of rotatable bonds is 4. The van der Waals surface area contributed by atoms with Gasteiger partial charge in [-0.05, 0) is 54.2 Å². The monoisotopic (exact) mass is 363 g/mol. The Balaban J connectivity index is 1.94. The Morgan fingerprint density at radius 1 is 0.571 bits per heavy atom. The van der Waals surface area contributed by atoms with Gasteiger partial charge in [-0.15, -0.1) is 0 Å². The highest BCUT2D eigenvalue weighted by Gasteiger charge is 2.16. The van der Waals surface area contributed by atoms with Gasteiger partial charge in [-0.2, -0.15) is 0 Å². The number of hydrogen-bond donors (Lipinski definition) is 1. The maximum Gasteiger partial charge on any atom is 0.0400 e. The molecule has 0 fully saturated rings. The maximum atomic E-state index is 6.52. The van der Waals surface area contributed by atoms with E-state index in [1.54, 1.807) is 0 Å². The number of aryl methyl sites for hydroxylation is 2. The van der Waals surface area contributed by atoms with Crippen LogP contribution in [0.4, 0.5) is 5.69 Å². The van der Waals surface area contributed by atoms with Crippen LogP contribution in [0.3, 0.4) is 0 Å². The lowest BCUT2D eigenvalue weighted by atomic mass is 9.86. The molecule has 0 saturated heterocycles. The number of hydrogen-bond acceptors (Lipinski definition) is 1. The van der Waals surface area contributed by atoms with Crippen LogP contribution in [0.15, 0.2) is 91.0 Å². The van der Waals surface area contributed by atoms with Gasteiger partial charge in [0.25, 0.3) is 0 Å². The van der Waals surface area contributed by atoms with E-state index in [2.05, 4.69) is 98.8 Å². The summed E-state index contributed by atoms with van der Waals surface area (Å²) in [6.45, 7) is 4.23. The average Bonchev–Trinajstić information content (AvgIpc) is 2.71. The van der Waals surface area contributed by atoms with Crippen molar-refractivity contribution in [3.05, 3.63) is 113 Å². The zero-order valence-corrected chi connectivity index (χ0v) is 16.4. The van der Waals surface area contributed by atoms with Gasteiger partial charge in [-0.1, -0.05) is 96.1 Å². The molecule has 0 aliphatic heterocycles. The Labute approximate surface area is 167 Å². The first-order valence-electron chi connectivity index (χ1n) is 9.71. The lowest BCUT2D eigenvalue weighted by Crippen LogP contribution is -2.00. The van der Waals surface area contributed by atoms with Crippen molar-refractivity contribution < 1.29 is 0 Å². The number of benzene rings is 4. The predicted molar refractivity (Wildman–Crippen MR) is 120 cm³/mol. The molecule has 0 unspecified atom stereocenters. The molecule has 0 bridgehead atoms. The molecule has 4 aromatic carbocycles. The summed E-state index contributed by atoms with van der Waals surface area (Å²) < 4.78 is 0. The molecule has 0 aromatic heterocycles. The second-order valence-corrected chi connectivity index (χ2v) is 7.46. The van der Waals surface area contributed by atoms with E-state index in [0.717, 1.165) is 23.2 Å². The molecule has 0 atom stereocenters. The zero-order chi connectivity index (χ0) is 19.5. The second kappa shape index (κ2) is 7.74. The molecule has 2 N–H and O–H groups in total. The van der Waals surface area contributed by atoms with Crippen molar-refractivity contribution >= 4 is 5.69 Å². The SMILES string of the molecule is Cc1ccc(-c2c(N)ccc(Cc3ccccc3)c2-c2ccc(C)cc2)cc1. The fourth-order valence-electron chi connectivity index (χ4n) is 3.71. The van der Waals surface area contributed by atoms with E-state index < -0.39 is 0 Å². The van der Waals surface area contributed by atoms with E-state index in [1.165, 1.54) is 33.4 Å². The standard InChI is InChI=1S/C27H25N/c1-19-8-12-22(13-9-19)26-24(18-21-6-4-3-5-7-21)16-17-25(28)27(26)23-14-10-20(2)11-15-23/h3-17H,18,28H2,1-2H3.